The molecule has 0 saturated carbocycles. The van der Waals surface area contributed by atoms with Gasteiger partial charge in [0.1, 0.15) is 0 Å². The van der Waals surface area contributed by atoms with Crippen LogP contribution in [-0.4, -0.2) is 30.6 Å². The van der Waals surface area contributed by atoms with Gasteiger partial charge in [0.2, 0.25) is 0 Å². The second kappa shape index (κ2) is 17.2. The Hall–Kier alpha value is 0.860. The summed E-state index contributed by atoms with van der Waals surface area (Å²) in [6.45, 7) is 9.52. The largest absolute Gasteiger partial charge is 0.103 e. The van der Waals surface area contributed by atoms with Gasteiger partial charge in [-0.2, -0.15) is 0 Å². The van der Waals surface area contributed by atoms with Crippen LogP contribution in [0, 0.1) is 0 Å². The van der Waals surface area contributed by atoms with Crippen LogP contribution in [0.2, 0.25) is 0 Å². The van der Waals surface area contributed by atoms with Crippen LogP contribution >= 0.6 is 15.8 Å². The number of unbranched alkanes of at least 4 members (excludes halogenated alkanes) is 8. The molecule has 21 heavy (non-hydrogen) atoms. The first-order chi connectivity index (χ1) is 10.3. The molecule has 0 aromatic rings. The maximum Gasteiger partial charge on any atom is -0.0121 e. The summed E-state index contributed by atoms with van der Waals surface area (Å²) in [5.74, 6) is 1.64. The topological polar surface area (TPSA) is 0 Å². The normalized spacial score (nSPS) is 14.3. The van der Waals surface area contributed by atoms with E-state index in [2.05, 4.69) is 27.7 Å². The van der Waals surface area contributed by atoms with Gasteiger partial charge in [0.05, 0.1) is 0 Å². The lowest BCUT2D eigenvalue weighted by molar-refractivity contribution is 0.657. The average molecular weight is 332 g/mol. The highest BCUT2D eigenvalue weighted by molar-refractivity contribution is 7.74. The highest BCUT2D eigenvalue weighted by Crippen LogP contribution is 2.51. The summed E-state index contributed by atoms with van der Waals surface area (Å²) in [5, 5.41) is 0. The lowest BCUT2D eigenvalue weighted by atomic mass is 10.2. The van der Waals surface area contributed by atoms with Crippen LogP contribution in [-0.2, 0) is 0 Å². The van der Waals surface area contributed by atoms with Crippen molar-refractivity contribution in [1.29, 1.82) is 0 Å². The van der Waals surface area contributed by atoms with Crippen LogP contribution in [0.1, 0.15) is 91.9 Å². The highest BCUT2D eigenvalue weighted by Gasteiger charge is 2.12. The summed E-state index contributed by atoms with van der Waals surface area (Å²) in [6.07, 6.45) is 20.7. The van der Waals surface area contributed by atoms with E-state index in [0.29, 0.717) is 15.8 Å². The molecule has 0 radical (unpaired) electrons. The number of hydrogen-bond acceptors (Lipinski definition) is 0. The molecule has 0 nitrogen and oxygen atoms in total. The molecular formula is C19H42P2. The fourth-order valence-electron chi connectivity index (χ4n) is 2.82. The van der Waals surface area contributed by atoms with E-state index in [0.717, 1.165) is 0 Å². The van der Waals surface area contributed by atoms with Crippen molar-refractivity contribution in [3.63, 3.8) is 0 Å². The molecule has 128 valence electrons. The van der Waals surface area contributed by atoms with Gasteiger partial charge in [-0.15, -0.1) is 15.8 Å². The molecule has 0 bridgehead atoms. The van der Waals surface area contributed by atoms with Crippen molar-refractivity contribution in [2.24, 2.45) is 0 Å². The van der Waals surface area contributed by atoms with Crippen molar-refractivity contribution in [2.75, 3.05) is 30.6 Å². The van der Waals surface area contributed by atoms with E-state index in [1.54, 1.807) is 18.2 Å². The molecule has 0 aliphatic carbocycles. The van der Waals surface area contributed by atoms with Gasteiger partial charge in [-0.25, -0.2) is 0 Å². The molecule has 0 spiro atoms. The molecule has 0 fully saturated rings. The second-order valence-electron chi connectivity index (χ2n) is 6.39. The maximum atomic E-state index is 2.45. The van der Waals surface area contributed by atoms with Crippen LogP contribution < -0.4 is 0 Å². The third-order valence-corrected chi connectivity index (χ3v) is 11.3. The summed E-state index contributed by atoms with van der Waals surface area (Å²) >= 11 is 0. The minimum Gasteiger partial charge on any atom is -0.103 e. The van der Waals surface area contributed by atoms with E-state index in [4.69, 9.17) is 0 Å². The second-order valence-corrected chi connectivity index (χ2v) is 12.4. The third-order valence-electron chi connectivity index (χ3n) is 4.45. The Morgan fingerprint density at radius 3 is 1.19 bits per heavy atom. The van der Waals surface area contributed by atoms with Gasteiger partial charge in [0.15, 0.2) is 0 Å². The molecule has 0 aliphatic rings. The molecule has 0 aromatic carbocycles. The summed E-state index contributed by atoms with van der Waals surface area (Å²) < 4.78 is 0. The molecule has 2 heteroatoms. The molecular weight excluding hydrogens is 290 g/mol. The first-order valence-corrected chi connectivity index (χ1v) is 13.5. The first kappa shape index (κ1) is 21.9. The van der Waals surface area contributed by atoms with Crippen molar-refractivity contribution in [3.8, 4) is 0 Å². The Morgan fingerprint density at radius 1 is 0.476 bits per heavy atom. The van der Waals surface area contributed by atoms with E-state index in [1.807, 2.05) is 0 Å². The Bertz CT molecular complexity index is 174. The van der Waals surface area contributed by atoms with Crippen LogP contribution in [0.25, 0.3) is 0 Å². The zero-order valence-corrected chi connectivity index (χ0v) is 17.3. The lowest BCUT2D eigenvalue weighted by Gasteiger charge is -2.23. The molecule has 2 unspecified atom stereocenters. The van der Waals surface area contributed by atoms with Gasteiger partial charge in [0.25, 0.3) is 0 Å². The smallest absolute Gasteiger partial charge is 0.0121 e. The molecule has 0 rings (SSSR count). The van der Waals surface area contributed by atoms with Crippen molar-refractivity contribution in [2.45, 2.75) is 91.9 Å². The number of hydrogen-bond donors (Lipinski definition) is 0. The zero-order valence-electron chi connectivity index (χ0n) is 15.5. The average Bonchev–Trinajstić information content (AvgIpc) is 2.51. The Balaban J connectivity index is 3.73. The van der Waals surface area contributed by atoms with E-state index in [1.165, 1.54) is 76.5 Å². The minimum absolute atomic E-state index is 0.377. The summed E-state index contributed by atoms with van der Waals surface area (Å²) in [4.78, 5) is 0. The Labute approximate surface area is 138 Å². The van der Waals surface area contributed by atoms with Crippen LogP contribution in [0.4, 0.5) is 0 Å². The maximum absolute atomic E-state index is 2.45. The predicted molar refractivity (Wildman–Crippen MR) is 107 cm³/mol. The Kier molecular flexibility index (Phi) is 17.9. The van der Waals surface area contributed by atoms with Crippen molar-refractivity contribution >= 4 is 15.8 Å². The fourth-order valence-corrected chi connectivity index (χ4v) is 9.79. The summed E-state index contributed by atoms with van der Waals surface area (Å²) in [6, 6.07) is 0. The van der Waals surface area contributed by atoms with Gasteiger partial charge in [-0.05, 0) is 43.4 Å². The molecule has 2 atom stereocenters. The van der Waals surface area contributed by atoms with E-state index < -0.39 is 0 Å². The van der Waals surface area contributed by atoms with E-state index >= 15 is 0 Å². The summed E-state index contributed by atoms with van der Waals surface area (Å²) in [7, 11) is 0.754. The zero-order chi connectivity index (χ0) is 15.8. The third kappa shape index (κ3) is 14.2. The van der Waals surface area contributed by atoms with Crippen LogP contribution in [0.15, 0.2) is 0 Å². The van der Waals surface area contributed by atoms with E-state index in [-0.39, 0.29) is 0 Å². The van der Waals surface area contributed by atoms with Gasteiger partial charge >= 0.3 is 0 Å². The van der Waals surface area contributed by atoms with Gasteiger partial charge < -0.3 is 0 Å². The molecule has 0 aliphatic heterocycles. The van der Waals surface area contributed by atoms with Gasteiger partial charge in [0, 0.05) is 0 Å². The van der Waals surface area contributed by atoms with E-state index in [9.17, 15) is 0 Å². The standard InChI is InChI=1S/C19H42P2/c1-5-9-11-13-15-17-20(7-3)19-21(8-4)18-16-14-12-10-6-2/h5-19H2,1-4H3. The van der Waals surface area contributed by atoms with Crippen LogP contribution in [0.3, 0.4) is 0 Å². The molecule has 0 N–H and O–H groups in total. The van der Waals surface area contributed by atoms with Gasteiger partial charge in [-0.1, -0.05) is 79.1 Å². The molecule has 0 heterocycles. The highest BCUT2D eigenvalue weighted by atomic mass is 31.2. The van der Waals surface area contributed by atoms with Crippen molar-refractivity contribution in [3.05, 3.63) is 0 Å². The molecule has 0 saturated heterocycles. The summed E-state index contributed by atoms with van der Waals surface area (Å²) in [5.41, 5.74) is 0. The SMILES string of the molecule is CCCCCCCP(CC)CP(CC)CCCCCCC. The number of rotatable bonds is 16. The van der Waals surface area contributed by atoms with Crippen molar-refractivity contribution in [1.82, 2.24) is 0 Å². The molecule has 0 aromatic heterocycles. The Morgan fingerprint density at radius 2 is 0.857 bits per heavy atom. The van der Waals surface area contributed by atoms with Gasteiger partial charge in [-0.3, -0.25) is 0 Å². The lowest BCUT2D eigenvalue weighted by Crippen LogP contribution is -1.97. The van der Waals surface area contributed by atoms with Crippen LogP contribution in [0.5, 0.6) is 0 Å². The minimum atomic E-state index is 0.377. The fraction of sp³-hybridized carbons (Fsp3) is 1.00. The first-order valence-electron chi connectivity index (χ1n) is 9.73. The quantitative estimate of drug-likeness (QED) is 0.199. The monoisotopic (exact) mass is 332 g/mol. The predicted octanol–water partition coefficient (Wildman–Crippen LogP) is 7.89. The molecule has 0 amide bonds. The van der Waals surface area contributed by atoms with Crippen molar-refractivity contribution < 1.29 is 0 Å².